The molecule has 0 bridgehead atoms. The molecule has 0 saturated heterocycles. The Balaban J connectivity index is 1.82. The molecule has 31 heavy (non-hydrogen) atoms. The molecule has 0 aliphatic rings. The Morgan fingerprint density at radius 3 is 1.97 bits per heavy atom. The second-order valence-electron chi connectivity index (χ2n) is 9.11. The third kappa shape index (κ3) is 9.17. The maximum Gasteiger partial charge on any atom is 0.184 e. The van der Waals surface area contributed by atoms with E-state index in [-0.39, 0.29) is 11.9 Å². The lowest BCUT2D eigenvalue weighted by Crippen LogP contribution is -2.28. The zero-order chi connectivity index (χ0) is 22.4. The molecule has 0 amide bonds. The highest BCUT2D eigenvalue weighted by molar-refractivity contribution is 5.22. The predicted octanol–water partition coefficient (Wildman–Crippen LogP) is 8.82. The van der Waals surface area contributed by atoms with Gasteiger partial charge in [-0.15, -0.1) is 0 Å². The van der Waals surface area contributed by atoms with Crippen LogP contribution in [0.15, 0.2) is 60.7 Å². The fraction of sp³-hybridized carbons (Fsp3) is 0.586. The first-order valence-electron chi connectivity index (χ1n) is 12.5. The van der Waals surface area contributed by atoms with Crippen molar-refractivity contribution in [2.24, 2.45) is 5.92 Å². The fourth-order valence-corrected chi connectivity index (χ4v) is 3.89. The van der Waals surface area contributed by atoms with Crippen LogP contribution in [0.25, 0.3) is 0 Å². The van der Waals surface area contributed by atoms with Gasteiger partial charge in [-0.05, 0) is 31.2 Å². The van der Waals surface area contributed by atoms with E-state index >= 15 is 0 Å². The first-order chi connectivity index (χ1) is 15.1. The summed E-state index contributed by atoms with van der Waals surface area (Å²) < 4.78 is 12.9. The summed E-state index contributed by atoms with van der Waals surface area (Å²) in [6, 6.07) is 20.8. The second kappa shape index (κ2) is 14.4. The zero-order valence-electron chi connectivity index (χ0n) is 20.3. The van der Waals surface area contributed by atoms with Crippen LogP contribution in [0.2, 0.25) is 0 Å². The number of ether oxygens (including phenoxy) is 2. The van der Waals surface area contributed by atoms with Gasteiger partial charge in [0.15, 0.2) is 6.29 Å². The summed E-state index contributed by atoms with van der Waals surface area (Å²) in [4.78, 5) is 0. The molecule has 3 atom stereocenters. The first-order valence-corrected chi connectivity index (χ1v) is 12.5. The Morgan fingerprint density at radius 2 is 1.35 bits per heavy atom. The summed E-state index contributed by atoms with van der Waals surface area (Å²) in [5.41, 5.74) is 1.90. The lowest BCUT2D eigenvalue weighted by atomic mass is 9.93. The van der Waals surface area contributed by atoms with Crippen molar-refractivity contribution in [1.82, 2.24) is 0 Å². The molecule has 0 saturated carbocycles. The minimum atomic E-state index is -0.378. The Labute approximate surface area is 191 Å². The van der Waals surface area contributed by atoms with E-state index < -0.39 is 0 Å². The fourth-order valence-electron chi connectivity index (χ4n) is 3.89. The summed E-state index contributed by atoms with van der Waals surface area (Å²) in [6.45, 7) is 9.74. The highest BCUT2D eigenvalue weighted by atomic mass is 16.7. The average molecular weight is 425 g/mol. The van der Waals surface area contributed by atoms with Crippen LogP contribution in [0.1, 0.15) is 103 Å². The van der Waals surface area contributed by atoms with Crippen LogP contribution >= 0.6 is 0 Å². The van der Waals surface area contributed by atoms with Crippen LogP contribution in [-0.2, 0) is 15.1 Å². The summed E-state index contributed by atoms with van der Waals surface area (Å²) in [5.74, 6) is 0.882. The topological polar surface area (TPSA) is 18.5 Å². The second-order valence-corrected chi connectivity index (χ2v) is 9.11. The van der Waals surface area contributed by atoms with E-state index in [0.29, 0.717) is 0 Å². The maximum absolute atomic E-state index is 6.63. The highest BCUT2D eigenvalue weighted by Gasteiger charge is 2.30. The van der Waals surface area contributed by atoms with Crippen molar-refractivity contribution >= 4 is 0 Å². The van der Waals surface area contributed by atoms with Gasteiger partial charge in [0.25, 0.3) is 0 Å². The van der Waals surface area contributed by atoms with E-state index in [4.69, 9.17) is 9.47 Å². The minimum absolute atomic E-state index is 0.345. The van der Waals surface area contributed by atoms with Gasteiger partial charge in [-0.1, -0.05) is 126 Å². The van der Waals surface area contributed by atoms with Gasteiger partial charge >= 0.3 is 0 Å². The van der Waals surface area contributed by atoms with Crippen molar-refractivity contribution in [3.63, 3.8) is 0 Å². The van der Waals surface area contributed by atoms with Gasteiger partial charge < -0.3 is 9.47 Å². The van der Waals surface area contributed by atoms with Crippen molar-refractivity contribution in [2.75, 3.05) is 6.61 Å². The van der Waals surface area contributed by atoms with Crippen LogP contribution in [-0.4, -0.2) is 6.61 Å². The van der Waals surface area contributed by atoms with Crippen molar-refractivity contribution in [3.05, 3.63) is 71.8 Å². The van der Waals surface area contributed by atoms with Crippen LogP contribution in [0, 0.1) is 5.92 Å². The Morgan fingerprint density at radius 1 is 0.774 bits per heavy atom. The van der Waals surface area contributed by atoms with Crippen molar-refractivity contribution in [3.8, 4) is 0 Å². The van der Waals surface area contributed by atoms with Gasteiger partial charge in [-0.3, -0.25) is 0 Å². The number of unbranched alkanes of at least 4 members (excludes halogenated alkanes) is 5. The molecule has 0 heterocycles. The van der Waals surface area contributed by atoms with E-state index in [0.717, 1.165) is 30.9 Å². The Kier molecular flexibility index (Phi) is 11.9. The summed E-state index contributed by atoms with van der Waals surface area (Å²) in [5, 5.41) is 0. The van der Waals surface area contributed by atoms with Gasteiger partial charge in [0.05, 0.1) is 12.2 Å². The van der Waals surface area contributed by atoms with E-state index in [1.165, 1.54) is 50.5 Å². The molecule has 0 N–H and O–H groups in total. The van der Waals surface area contributed by atoms with Gasteiger partial charge in [-0.25, -0.2) is 0 Å². The molecule has 2 heteroatoms. The third-order valence-corrected chi connectivity index (χ3v) is 6.56. The molecular weight excluding hydrogens is 380 g/mol. The summed E-state index contributed by atoms with van der Waals surface area (Å²) in [7, 11) is 0. The average Bonchev–Trinajstić information content (AvgIpc) is 2.83. The van der Waals surface area contributed by atoms with Gasteiger partial charge in [0.2, 0.25) is 0 Å². The molecule has 2 rings (SSSR count). The van der Waals surface area contributed by atoms with Crippen molar-refractivity contribution in [1.29, 1.82) is 0 Å². The molecule has 2 aromatic carbocycles. The maximum atomic E-state index is 6.63. The van der Waals surface area contributed by atoms with Crippen LogP contribution in [0.3, 0.4) is 0 Å². The molecule has 2 nitrogen and oxygen atoms in total. The molecule has 0 radical (unpaired) electrons. The summed E-state index contributed by atoms with van der Waals surface area (Å²) >= 11 is 0. The monoisotopic (exact) mass is 424 g/mol. The number of rotatable bonds is 16. The molecule has 0 aliphatic carbocycles. The number of benzene rings is 2. The quantitative estimate of drug-likeness (QED) is 0.198. The van der Waals surface area contributed by atoms with Crippen molar-refractivity contribution < 1.29 is 9.47 Å². The van der Waals surface area contributed by atoms with Gasteiger partial charge in [0.1, 0.15) is 0 Å². The van der Waals surface area contributed by atoms with E-state index in [9.17, 15) is 0 Å². The third-order valence-electron chi connectivity index (χ3n) is 6.56. The van der Waals surface area contributed by atoms with E-state index in [1.807, 2.05) is 6.07 Å². The first kappa shape index (κ1) is 25.6. The van der Waals surface area contributed by atoms with E-state index in [1.54, 1.807) is 0 Å². The van der Waals surface area contributed by atoms with Gasteiger partial charge in [-0.2, -0.15) is 0 Å². The highest BCUT2D eigenvalue weighted by Crippen LogP contribution is 2.35. The lowest BCUT2D eigenvalue weighted by Gasteiger charge is -2.34. The lowest BCUT2D eigenvalue weighted by molar-refractivity contribution is -0.217. The molecule has 0 aromatic heterocycles. The zero-order valence-corrected chi connectivity index (χ0v) is 20.3. The smallest absolute Gasteiger partial charge is 0.184 e. The predicted molar refractivity (Wildman–Crippen MR) is 132 cm³/mol. The largest absolute Gasteiger partial charge is 0.348 e. The molecule has 0 aliphatic heterocycles. The molecule has 0 fully saturated rings. The molecule has 3 unspecified atom stereocenters. The van der Waals surface area contributed by atoms with E-state index in [2.05, 4.69) is 82.3 Å². The number of hydrogen-bond donors (Lipinski definition) is 0. The van der Waals surface area contributed by atoms with Crippen LogP contribution < -0.4 is 0 Å². The molecule has 0 spiro atoms. The summed E-state index contributed by atoms with van der Waals surface area (Å²) in [6.07, 6.45) is 10.9. The van der Waals surface area contributed by atoms with Gasteiger partial charge in [0, 0.05) is 5.56 Å². The molecule has 2 aromatic rings. The molecule has 172 valence electrons. The number of hydrogen-bond acceptors (Lipinski definition) is 2. The Hall–Kier alpha value is -1.64. The SMILES string of the molecule is CCC(C)CCCCCCCCOC(OC(C)(CC)c1ccccc1)c1ccccc1. The minimum Gasteiger partial charge on any atom is -0.348 e. The normalized spacial score (nSPS) is 15.4. The van der Waals surface area contributed by atoms with Crippen LogP contribution in [0.4, 0.5) is 0 Å². The van der Waals surface area contributed by atoms with Crippen molar-refractivity contribution in [2.45, 2.75) is 97.4 Å². The Bertz CT molecular complexity index is 684. The standard InChI is InChI=1S/C29H44O2/c1-5-25(3)19-13-9-7-8-10-18-24-30-28(26-20-14-11-15-21-26)31-29(4,6-2)27-22-16-12-17-23-27/h11-12,14-17,20-23,25,28H,5-10,13,18-19,24H2,1-4H3. The molecular formula is C29H44O2. The van der Waals surface area contributed by atoms with Crippen LogP contribution in [0.5, 0.6) is 0 Å².